The van der Waals surface area contributed by atoms with E-state index in [0.717, 1.165) is 0 Å². The SMILES string of the molecule is N[C@@H](CCNC(=O)CCC(F)(F)F)C(=O)O. The molecule has 0 aromatic rings. The summed E-state index contributed by atoms with van der Waals surface area (Å²) in [7, 11) is 0. The number of hydrogen-bond acceptors (Lipinski definition) is 3. The highest BCUT2D eigenvalue weighted by atomic mass is 19.4. The molecule has 1 atom stereocenters. The zero-order valence-electron chi connectivity index (χ0n) is 8.38. The van der Waals surface area contributed by atoms with E-state index < -0.39 is 36.9 Å². The van der Waals surface area contributed by atoms with E-state index >= 15 is 0 Å². The van der Waals surface area contributed by atoms with Crippen LogP contribution >= 0.6 is 0 Å². The molecule has 0 bridgehead atoms. The highest BCUT2D eigenvalue weighted by Crippen LogP contribution is 2.20. The molecular formula is C8H13F3N2O3. The van der Waals surface area contributed by atoms with E-state index in [-0.39, 0.29) is 13.0 Å². The van der Waals surface area contributed by atoms with Gasteiger partial charge in [-0.3, -0.25) is 9.59 Å². The second-order valence-electron chi connectivity index (χ2n) is 3.20. The summed E-state index contributed by atoms with van der Waals surface area (Å²) < 4.78 is 35.1. The Hall–Kier alpha value is -1.31. The minimum Gasteiger partial charge on any atom is -0.480 e. The molecule has 0 unspecified atom stereocenters. The zero-order chi connectivity index (χ0) is 12.8. The van der Waals surface area contributed by atoms with Gasteiger partial charge in [-0.1, -0.05) is 0 Å². The first-order chi connectivity index (χ1) is 7.22. The largest absolute Gasteiger partial charge is 0.480 e. The van der Waals surface area contributed by atoms with Gasteiger partial charge < -0.3 is 16.2 Å². The van der Waals surface area contributed by atoms with Gasteiger partial charge in [0, 0.05) is 13.0 Å². The molecule has 0 spiro atoms. The molecule has 0 aromatic heterocycles. The molecule has 0 fully saturated rings. The molecule has 0 saturated carbocycles. The maximum Gasteiger partial charge on any atom is 0.389 e. The molecule has 0 aliphatic rings. The molecule has 4 N–H and O–H groups in total. The van der Waals surface area contributed by atoms with Gasteiger partial charge in [-0.05, 0) is 6.42 Å². The van der Waals surface area contributed by atoms with Crippen LogP contribution in [0.1, 0.15) is 19.3 Å². The van der Waals surface area contributed by atoms with E-state index in [1.165, 1.54) is 0 Å². The Morgan fingerprint density at radius 3 is 2.38 bits per heavy atom. The van der Waals surface area contributed by atoms with Crippen molar-refractivity contribution in [1.82, 2.24) is 5.32 Å². The number of aliphatic carboxylic acids is 1. The van der Waals surface area contributed by atoms with Crippen LogP contribution in [0.3, 0.4) is 0 Å². The number of carboxylic acids is 1. The number of halogens is 3. The molecule has 94 valence electrons. The maximum atomic E-state index is 11.7. The Morgan fingerprint density at radius 1 is 1.38 bits per heavy atom. The van der Waals surface area contributed by atoms with Gasteiger partial charge in [0.05, 0.1) is 6.42 Å². The molecule has 0 aromatic carbocycles. The quantitative estimate of drug-likeness (QED) is 0.622. The number of alkyl halides is 3. The molecule has 0 saturated heterocycles. The second kappa shape index (κ2) is 6.31. The van der Waals surface area contributed by atoms with Gasteiger partial charge in [0.2, 0.25) is 5.91 Å². The second-order valence-corrected chi connectivity index (χ2v) is 3.20. The zero-order valence-corrected chi connectivity index (χ0v) is 8.38. The van der Waals surface area contributed by atoms with Crippen molar-refractivity contribution < 1.29 is 27.9 Å². The highest BCUT2D eigenvalue weighted by Gasteiger charge is 2.27. The van der Waals surface area contributed by atoms with Gasteiger partial charge >= 0.3 is 12.1 Å². The van der Waals surface area contributed by atoms with Crippen molar-refractivity contribution in [3.63, 3.8) is 0 Å². The smallest absolute Gasteiger partial charge is 0.389 e. The Balaban J connectivity index is 3.63. The van der Waals surface area contributed by atoms with Crippen molar-refractivity contribution in [2.45, 2.75) is 31.5 Å². The lowest BCUT2D eigenvalue weighted by Crippen LogP contribution is -2.35. The van der Waals surface area contributed by atoms with Crippen LogP contribution in [0.2, 0.25) is 0 Å². The summed E-state index contributed by atoms with van der Waals surface area (Å²) in [5.41, 5.74) is 5.12. The number of rotatable bonds is 6. The summed E-state index contributed by atoms with van der Waals surface area (Å²) in [5.74, 6) is -1.99. The van der Waals surface area contributed by atoms with Gasteiger partial charge in [0.15, 0.2) is 0 Å². The van der Waals surface area contributed by atoms with Crippen molar-refractivity contribution in [3.8, 4) is 0 Å². The lowest BCUT2D eigenvalue weighted by molar-refractivity contribution is -0.144. The predicted molar refractivity (Wildman–Crippen MR) is 48.5 cm³/mol. The Kier molecular flexibility index (Phi) is 5.79. The molecule has 0 heterocycles. The number of carboxylic acid groups (broad SMARTS) is 1. The van der Waals surface area contributed by atoms with Crippen molar-refractivity contribution in [1.29, 1.82) is 0 Å². The standard InChI is InChI=1S/C8H13F3N2O3/c9-8(10,11)3-1-6(14)13-4-2-5(12)7(15)16/h5H,1-4,12H2,(H,13,14)(H,15,16)/t5-/m0/s1. The van der Waals surface area contributed by atoms with Crippen LogP contribution in [0.25, 0.3) is 0 Å². The molecule has 1 amide bonds. The first-order valence-electron chi connectivity index (χ1n) is 4.54. The van der Waals surface area contributed by atoms with E-state index in [2.05, 4.69) is 5.32 Å². The van der Waals surface area contributed by atoms with Crippen LogP contribution in [0, 0.1) is 0 Å². The lowest BCUT2D eigenvalue weighted by Gasteiger charge is -2.09. The predicted octanol–water partition coefficient (Wildman–Crippen LogP) is 0.247. The van der Waals surface area contributed by atoms with Gasteiger partial charge in [0.25, 0.3) is 0 Å². The summed E-state index contributed by atoms with van der Waals surface area (Å²) >= 11 is 0. The molecule has 16 heavy (non-hydrogen) atoms. The van der Waals surface area contributed by atoms with Crippen molar-refractivity contribution >= 4 is 11.9 Å². The first-order valence-corrected chi connectivity index (χ1v) is 4.54. The average Bonchev–Trinajstić information content (AvgIpc) is 2.13. The van der Waals surface area contributed by atoms with E-state index in [9.17, 15) is 22.8 Å². The number of amides is 1. The topological polar surface area (TPSA) is 92.4 Å². The van der Waals surface area contributed by atoms with Gasteiger partial charge in [-0.15, -0.1) is 0 Å². The van der Waals surface area contributed by atoms with E-state index in [1.54, 1.807) is 0 Å². The van der Waals surface area contributed by atoms with Crippen molar-refractivity contribution in [2.75, 3.05) is 6.54 Å². The third-order valence-electron chi connectivity index (χ3n) is 1.73. The summed E-state index contributed by atoms with van der Waals surface area (Å²) in [6.07, 6.45) is -6.24. The van der Waals surface area contributed by atoms with Gasteiger partial charge in [-0.25, -0.2) is 0 Å². The number of carbonyl (C=O) groups is 2. The first kappa shape index (κ1) is 14.7. The lowest BCUT2D eigenvalue weighted by atomic mass is 10.2. The summed E-state index contributed by atoms with van der Waals surface area (Å²) in [4.78, 5) is 21.1. The van der Waals surface area contributed by atoms with Crippen molar-refractivity contribution in [2.24, 2.45) is 5.73 Å². The van der Waals surface area contributed by atoms with E-state index in [1.807, 2.05) is 0 Å². The molecule has 5 nitrogen and oxygen atoms in total. The average molecular weight is 242 g/mol. The molecule has 8 heteroatoms. The van der Waals surface area contributed by atoms with Gasteiger partial charge in [0.1, 0.15) is 6.04 Å². The Bertz CT molecular complexity index is 255. The molecule has 0 radical (unpaired) electrons. The molecule has 0 aliphatic carbocycles. The van der Waals surface area contributed by atoms with E-state index in [0.29, 0.717) is 0 Å². The fraction of sp³-hybridized carbons (Fsp3) is 0.750. The number of nitrogens with one attached hydrogen (secondary N) is 1. The number of carbonyl (C=O) groups excluding carboxylic acids is 1. The number of hydrogen-bond donors (Lipinski definition) is 3. The van der Waals surface area contributed by atoms with Gasteiger partial charge in [-0.2, -0.15) is 13.2 Å². The molecule has 0 rings (SSSR count). The minimum atomic E-state index is -4.37. The fourth-order valence-electron chi connectivity index (χ4n) is 0.834. The molecular weight excluding hydrogens is 229 g/mol. The van der Waals surface area contributed by atoms with Crippen LogP contribution in [0.4, 0.5) is 13.2 Å². The summed E-state index contributed by atoms with van der Waals surface area (Å²) in [6, 6.07) is -1.12. The Labute approximate surface area is 89.8 Å². The van der Waals surface area contributed by atoms with Crippen molar-refractivity contribution in [3.05, 3.63) is 0 Å². The van der Waals surface area contributed by atoms with Crippen LogP contribution in [0.5, 0.6) is 0 Å². The maximum absolute atomic E-state index is 11.7. The van der Waals surface area contributed by atoms with Crippen LogP contribution in [0.15, 0.2) is 0 Å². The van der Waals surface area contributed by atoms with Crippen LogP contribution < -0.4 is 11.1 Å². The normalized spacial score (nSPS) is 13.2. The minimum absolute atomic E-state index is 0.0207. The number of nitrogens with two attached hydrogens (primary N) is 1. The van der Waals surface area contributed by atoms with Crippen LogP contribution in [-0.2, 0) is 9.59 Å². The third kappa shape index (κ3) is 8.04. The summed E-state index contributed by atoms with van der Waals surface area (Å²) in [5, 5.41) is 10.5. The molecule has 0 aliphatic heterocycles. The van der Waals surface area contributed by atoms with Crippen LogP contribution in [-0.4, -0.2) is 35.7 Å². The van der Waals surface area contributed by atoms with E-state index in [4.69, 9.17) is 10.8 Å². The Morgan fingerprint density at radius 2 is 1.94 bits per heavy atom. The third-order valence-corrected chi connectivity index (χ3v) is 1.73. The highest BCUT2D eigenvalue weighted by molar-refractivity contribution is 5.76. The fourth-order valence-corrected chi connectivity index (χ4v) is 0.834. The summed E-state index contributed by atoms with van der Waals surface area (Å²) in [6.45, 7) is -0.0514. The monoisotopic (exact) mass is 242 g/mol.